The van der Waals surface area contributed by atoms with Crippen molar-refractivity contribution in [3.05, 3.63) is 66.0 Å². The summed E-state index contributed by atoms with van der Waals surface area (Å²) in [6.45, 7) is 0. The Bertz CT molecular complexity index is 491. The molecule has 0 atom stereocenters. The molecule has 0 spiro atoms. The number of halogens is 2. The Balaban J connectivity index is 2.28. The average Bonchev–Trinajstić information content (AvgIpc) is 2.31. The SMILES string of the molecule is Fc1ccc(C(Cl)=Nc2ccccc2)cc1. The molecule has 0 aliphatic rings. The predicted molar refractivity (Wildman–Crippen MR) is 64.9 cm³/mol. The molecular weight excluding hydrogens is 225 g/mol. The van der Waals surface area contributed by atoms with Crippen molar-refractivity contribution in [2.75, 3.05) is 0 Å². The van der Waals surface area contributed by atoms with Crippen LogP contribution in [0.5, 0.6) is 0 Å². The topological polar surface area (TPSA) is 12.4 Å². The second-order valence-electron chi connectivity index (χ2n) is 3.25. The van der Waals surface area contributed by atoms with E-state index in [1.165, 1.54) is 12.1 Å². The second-order valence-corrected chi connectivity index (χ2v) is 3.60. The molecule has 1 nitrogen and oxygen atoms in total. The fourth-order valence-corrected chi connectivity index (χ4v) is 1.49. The molecule has 2 rings (SSSR count). The number of nitrogens with zero attached hydrogens (tertiary/aromatic N) is 1. The summed E-state index contributed by atoms with van der Waals surface area (Å²) in [5, 5.41) is 0.353. The Morgan fingerprint density at radius 2 is 1.56 bits per heavy atom. The van der Waals surface area contributed by atoms with E-state index in [-0.39, 0.29) is 5.82 Å². The van der Waals surface area contributed by atoms with Crippen LogP contribution in [0.15, 0.2) is 59.6 Å². The number of benzene rings is 2. The molecule has 0 aromatic heterocycles. The first-order chi connectivity index (χ1) is 7.75. The zero-order valence-electron chi connectivity index (χ0n) is 8.40. The van der Waals surface area contributed by atoms with Crippen LogP contribution in [0.2, 0.25) is 0 Å². The number of aliphatic imine (C=N–C) groups is 1. The van der Waals surface area contributed by atoms with Crippen molar-refractivity contribution in [2.24, 2.45) is 4.99 Å². The first-order valence-corrected chi connectivity index (χ1v) is 5.19. The first kappa shape index (κ1) is 10.8. The van der Waals surface area contributed by atoms with Gasteiger partial charge in [-0.05, 0) is 36.4 Å². The lowest BCUT2D eigenvalue weighted by Gasteiger charge is -1.98. The van der Waals surface area contributed by atoms with Crippen LogP contribution in [0.4, 0.5) is 10.1 Å². The van der Waals surface area contributed by atoms with E-state index in [4.69, 9.17) is 11.6 Å². The zero-order chi connectivity index (χ0) is 11.4. The summed E-state index contributed by atoms with van der Waals surface area (Å²) < 4.78 is 12.7. The van der Waals surface area contributed by atoms with Gasteiger partial charge in [-0.3, -0.25) is 0 Å². The average molecular weight is 234 g/mol. The standard InChI is InChI=1S/C13H9ClFN/c14-13(10-6-8-11(15)9-7-10)16-12-4-2-1-3-5-12/h1-9H. The van der Waals surface area contributed by atoms with Crippen LogP contribution in [0.3, 0.4) is 0 Å². The molecule has 80 valence electrons. The summed E-state index contributed by atoms with van der Waals surface area (Å²) >= 11 is 6.02. The third-order valence-corrected chi connectivity index (χ3v) is 2.37. The Morgan fingerprint density at radius 3 is 2.19 bits per heavy atom. The molecule has 0 unspecified atom stereocenters. The molecule has 0 aliphatic carbocycles. The molecule has 0 amide bonds. The number of hydrogen-bond acceptors (Lipinski definition) is 1. The van der Waals surface area contributed by atoms with Crippen LogP contribution >= 0.6 is 11.6 Å². The van der Waals surface area contributed by atoms with Gasteiger partial charge < -0.3 is 0 Å². The van der Waals surface area contributed by atoms with Crippen LogP contribution in [0, 0.1) is 5.82 Å². The van der Waals surface area contributed by atoms with Crippen LogP contribution in [-0.2, 0) is 0 Å². The second kappa shape index (κ2) is 4.90. The van der Waals surface area contributed by atoms with E-state index >= 15 is 0 Å². The summed E-state index contributed by atoms with van der Waals surface area (Å²) in [7, 11) is 0. The van der Waals surface area contributed by atoms with E-state index in [0.717, 1.165) is 5.69 Å². The number of para-hydroxylation sites is 1. The van der Waals surface area contributed by atoms with E-state index < -0.39 is 0 Å². The van der Waals surface area contributed by atoms with Crippen LogP contribution in [0.1, 0.15) is 5.56 Å². The quantitative estimate of drug-likeness (QED) is 0.692. The van der Waals surface area contributed by atoms with Crippen molar-refractivity contribution in [3.63, 3.8) is 0 Å². The molecule has 2 aromatic carbocycles. The van der Waals surface area contributed by atoms with Gasteiger partial charge in [0.05, 0.1) is 5.69 Å². The molecule has 0 saturated heterocycles. The first-order valence-electron chi connectivity index (χ1n) is 4.81. The normalized spacial score (nSPS) is 11.5. The van der Waals surface area contributed by atoms with Gasteiger partial charge in [0.2, 0.25) is 0 Å². The molecule has 0 aliphatic heterocycles. The van der Waals surface area contributed by atoms with Crippen molar-refractivity contribution in [3.8, 4) is 0 Å². The Kier molecular flexibility index (Phi) is 3.32. The zero-order valence-corrected chi connectivity index (χ0v) is 9.16. The molecule has 0 bridgehead atoms. The Hall–Kier alpha value is -1.67. The maximum atomic E-state index is 12.7. The number of rotatable bonds is 2. The van der Waals surface area contributed by atoms with Crippen LogP contribution < -0.4 is 0 Å². The van der Waals surface area contributed by atoms with Gasteiger partial charge in [0.25, 0.3) is 0 Å². The van der Waals surface area contributed by atoms with Crippen molar-refractivity contribution >= 4 is 22.5 Å². The molecule has 0 radical (unpaired) electrons. The molecule has 16 heavy (non-hydrogen) atoms. The molecular formula is C13H9ClFN. The highest BCUT2D eigenvalue weighted by atomic mass is 35.5. The number of hydrogen-bond donors (Lipinski definition) is 0. The van der Waals surface area contributed by atoms with Gasteiger partial charge in [-0.2, -0.15) is 0 Å². The van der Waals surface area contributed by atoms with Crippen molar-refractivity contribution in [1.29, 1.82) is 0 Å². The van der Waals surface area contributed by atoms with E-state index in [1.54, 1.807) is 12.1 Å². The fourth-order valence-electron chi connectivity index (χ4n) is 1.27. The van der Waals surface area contributed by atoms with E-state index in [0.29, 0.717) is 10.7 Å². The monoisotopic (exact) mass is 233 g/mol. The molecule has 0 N–H and O–H groups in total. The van der Waals surface area contributed by atoms with Gasteiger partial charge in [0.15, 0.2) is 0 Å². The highest BCUT2D eigenvalue weighted by Crippen LogP contribution is 2.15. The lowest BCUT2D eigenvalue weighted by molar-refractivity contribution is 0.628. The maximum absolute atomic E-state index is 12.7. The van der Waals surface area contributed by atoms with Gasteiger partial charge in [-0.25, -0.2) is 9.38 Å². The lowest BCUT2D eigenvalue weighted by Crippen LogP contribution is -1.90. The minimum atomic E-state index is -0.284. The molecule has 0 fully saturated rings. The maximum Gasteiger partial charge on any atom is 0.136 e. The summed E-state index contributed by atoms with van der Waals surface area (Å²) in [6, 6.07) is 15.3. The lowest BCUT2D eigenvalue weighted by atomic mass is 10.2. The van der Waals surface area contributed by atoms with E-state index in [9.17, 15) is 4.39 Å². The van der Waals surface area contributed by atoms with Crippen molar-refractivity contribution in [1.82, 2.24) is 0 Å². The smallest absolute Gasteiger partial charge is 0.136 e. The summed E-state index contributed by atoms with van der Waals surface area (Å²) in [5.74, 6) is -0.284. The third-order valence-electron chi connectivity index (χ3n) is 2.07. The third kappa shape index (κ3) is 2.67. The van der Waals surface area contributed by atoms with Gasteiger partial charge in [0.1, 0.15) is 11.0 Å². The minimum absolute atomic E-state index is 0.284. The van der Waals surface area contributed by atoms with Gasteiger partial charge in [-0.15, -0.1) is 0 Å². The van der Waals surface area contributed by atoms with Crippen LogP contribution in [-0.4, -0.2) is 5.17 Å². The summed E-state index contributed by atoms with van der Waals surface area (Å²) in [5.41, 5.74) is 1.48. The van der Waals surface area contributed by atoms with Crippen molar-refractivity contribution in [2.45, 2.75) is 0 Å². The minimum Gasteiger partial charge on any atom is -0.236 e. The van der Waals surface area contributed by atoms with E-state index in [2.05, 4.69) is 4.99 Å². The highest BCUT2D eigenvalue weighted by molar-refractivity contribution is 6.69. The Morgan fingerprint density at radius 1 is 0.938 bits per heavy atom. The Labute approximate surface area is 98.2 Å². The van der Waals surface area contributed by atoms with Crippen LogP contribution in [0.25, 0.3) is 0 Å². The van der Waals surface area contributed by atoms with E-state index in [1.807, 2.05) is 30.3 Å². The predicted octanol–water partition coefficient (Wildman–Crippen LogP) is 4.14. The fraction of sp³-hybridized carbons (Fsp3) is 0. The summed E-state index contributed by atoms with van der Waals surface area (Å²) in [4.78, 5) is 4.22. The van der Waals surface area contributed by atoms with Gasteiger partial charge >= 0.3 is 0 Å². The van der Waals surface area contributed by atoms with Crippen molar-refractivity contribution < 1.29 is 4.39 Å². The van der Waals surface area contributed by atoms with Gasteiger partial charge in [-0.1, -0.05) is 29.8 Å². The molecule has 3 heteroatoms. The van der Waals surface area contributed by atoms with Gasteiger partial charge in [0, 0.05) is 5.56 Å². The summed E-state index contributed by atoms with van der Waals surface area (Å²) in [6.07, 6.45) is 0. The molecule has 2 aromatic rings. The highest BCUT2D eigenvalue weighted by Gasteiger charge is 2.00. The molecule has 0 heterocycles. The largest absolute Gasteiger partial charge is 0.236 e. The molecule has 0 saturated carbocycles.